The Morgan fingerprint density at radius 1 is 1.08 bits per heavy atom. The van der Waals surface area contributed by atoms with Gasteiger partial charge in [0.25, 0.3) is 0 Å². The zero-order chi connectivity index (χ0) is 17.6. The van der Waals surface area contributed by atoms with E-state index in [9.17, 15) is 13.2 Å². The van der Waals surface area contributed by atoms with Gasteiger partial charge in [-0.15, -0.1) is 0 Å². The molecular formula is C16H17ClN2O4S. The number of amides is 1. The summed E-state index contributed by atoms with van der Waals surface area (Å²) >= 11 is 5.80. The molecule has 2 N–H and O–H groups in total. The molecular weight excluding hydrogens is 352 g/mol. The highest BCUT2D eigenvalue weighted by Gasteiger charge is 2.25. The van der Waals surface area contributed by atoms with Crippen LogP contribution in [0.2, 0.25) is 5.02 Å². The second-order valence-corrected chi connectivity index (χ2v) is 7.44. The lowest BCUT2D eigenvalue weighted by Crippen LogP contribution is -2.34. The van der Waals surface area contributed by atoms with Crippen molar-refractivity contribution in [2.45, 2.75) is 17.9 Å². The van der Waals surface area contributed by atoms with Crippen molar-refractivity contribution in [3.05, 3.63) is 65.2 Å². The van der Waals surface area contributed by atoms with Gasteiger partial charge >= 0.3 is 0 Å². The van der Waals surface area contributed by atoms with Crippen molar-refractivity contribution in [3.63, 3.8) is 0 Å². The molecule has 2 rings (SSSR count). The molecule has 128 valence electrons. The molecule has 0 atom stereocenters. The molecule has 0 spiro atoms. The molecule has 6 nitrogen and oxygen atoms in total. The van der Waals surface area contributed by atoms with Crippen LogP contribution in [0, 0.1) is 0 Å². The van der Waals surface area contributed by atoms with Crippen molar-refractivity contribution < 1.29 is 18.4 Å². The van der Waals surface area contributed by atoms with Gasteiger partial charge in [-0.2, -0.15) is 4.31 Å². The first-order chi connectivity index (χ1) is 11.4. The minimum atomic E-state index is -3.81. The molecule has 0 aliphatic carbocycles. The highest BCUT2D eigenvalue weighted by molar-refractivity contribution is 7.89. The summed E-state index contributed by atoms with van der Waals surface area (Å²) in [6, 6.07) is 14.9. The van der Waals surface area contributed by atoms with Crippen LogP contribution in [-0.4, -0.2) is 30.4 Å². The number of nitrogens with zero attached hydrogens (tertiary/aromatic N) is 1. The molecule has 0 saturated heterocycles. The number of sulfonamides is 1. The number of rotatable bonds is 7. The van der Waals surface area contributed by atoms with Crippen molar-refractivity contribution in [1.82, 2.24) is 9.79 Å². The van der Waals surface area contributed by atoms with Crippen LogP contribution < -0.4 is 5.48 Å². The van der Waals surface area contributed by atoms with Gasteiger partial charge in [0, 0.05) is 24.5 Å². The second-order valence-electron chi connectivity index (χ2n) is 5.06. The standard InChI is InChI=1S/C16H17ClN2O4S/c17-14-6-8-15(9-7-14)24(22,23)19(11-10-16(20)18-21)12-13-4-2-1-3-5-13/h1-9,21H,10-12H2,(H,18,20). The summed E-state index contributed by atoms with van der Waals surface area (Å²) < 4.78 is 26.9. The van der Waals surface area contributed by atoms with Crippen LogP contribution in [0.1, 0.15) is 12.0 Å². The number of nitrogens with one attached hydrogen (secondary N) is 1. The van der Waals surface area contributed by atoms with Crippen LogP contribution in [0.15, 0.2) is 59.5 Å². The molecule has 2 aromatic rings. The Balaban J connectivity index is 2.29. The molecule has 1 amide bonds. The Labute approximate surface area is 145 Å². The maximum absolute atomic E-state index is 12.8. The smallest absolute Gasteiger partial charge is 0.244 e. The van der Waals surface area contributed by atoms with Crippen molar-refractivity contribution in [2.24, 2.45) is 0 Å². The number of carbonyl (C=O) groups excluding carboxylic acids is 1. The normalized spacial score (nSPS) is 11.5. The van der Waals surface area contributed by atoms with Gasteiger partial charge in [-0.1, -0.05) is 41.9 Å². The fourth-order valence-electron chi connectivity index (χ4n) is 2.11. The predicted octanol–water partition coefficient (Wildman–Crippen LogP) is 2.43. The molecule has 0 aliphatic heterocycles. The topological polar surface area (TPSA) is 86.7 Å². The largest absolute Gasteiger partial charge is 0.289 e. The molecule has 0 saturated carbocycles. The summed E-state index contributed by atoms with van der Waals surface area (Å²) in [6.07, 6.45) is -0.157. The van der Waals surface area contributed by atoms with Crippen LogP contribution in [0.4, 0.5) is 0 Å². The summed E-state index contributed by atoms with van der Waals surface area (Å²) in [5, 5.41) is 9.04. The molecule has 0 bridgehead atoms. The summed E-state index contributed by atoms with van der Waals surface area (Å²) in [5.74, 6) is -0.653. The molecule has 0 unspecified atom stereocenters. The lowest BCUT2D eigenvalue weighted by Gasteiger charge is -2.22. The first kappa shape index (κ1) is 18.4. The van der Waals surface area contributed by atoms with Crippen molar-refractivity contribution in [1.29, 1.82) is 0 Å². The van der Waals surface area contributed by atoms with Gasteiger partial charge < -0.3 is 0 Å². The van der Waals surface area contributed by atoms with E-state index in [4.69, 9.17) is 16.8 Å². The molecule has 0 aromatic heterocycles. The summed E-state index contributed by atoms with van der Waals surface area (Å²) in [4.78, 5) is 11.4. The maximum atomic E-state index is 12.8. The van der Waals surface area contributed by atoms with Crippen molar-refractivity contribution >= 4 is 27.5 Å². The van der Waals surface area contributed by atoms with E-state index in [0.29, 0.717) is 5.02 Å². The average molecular weight is 369 g/mol. The highest BCUT2D eigenvalue weighted by atomic mass is 35.5. The van der Waals surface area contributed by atoms with E-state index in [1.165, 1.54) is 34.1 Å². The predicted molar refractivity (Wildman–Crippen MR) is 90.0 cm³/mol. The third kappa shape index (κ3) is 4.78. The van der Waals surface area contributed by atoms with Crippen LogP contribution >= 0.6 is 11.6 Å². The van der Waals surface area contributed by atoms with Crippen molar-refractivity contribution in [2.75, 3.05) is 6.54 Å². The number of hydrogen-bond acceptors (Lipinski definition) is 4. The van der Waals surface area contributed by atoms with Gasteiger partial charge in [-0.3, -0.25) is 10.0 Å². The first-order valence-corrected chi connectivity index (χ1v) is 8.98. The number of hydroxylamine groups is 1. The third-order valence-corrected chi connectivity index (χ3v) is 5.48. The van der Waals surface area contributed by atoms with Crippen LogP contribution in [0.3, 0.4) is 0 Å². The molecule has 2 aromatic carbocycles. The van der Waals surface area contributed by atoms with E-state index in [0.717, 1.165) is 5.56 Å². The zero-order valence-corrected chi connectivity index (χ0v) is 14.3. The van der Waals surface area contributed by atoms with E-state index < -0.39 is 15.9 Å². The van der Waals surface area contributed by atoms with Gasteiger partial charge in [0.05, 0.1) is 4.90 Å². The Hall–Kier alpha value is -1.93. The number of carbonyl (C=O) groups is 1. The first-order valence-electron chi connectivity index (χ1n) is 7.16. The van der Waals surface area contributed by atoms with Gasteiger partial charge in [-0.25, -0.2) is 13.9 Å². The monoisotopic (exact) mass is 368 g/mol. The number of hydrogen-bond donors (Lipinski definition) is 2. The molecule has 24 heavy (non-hydrogen) atoms. The molecule has 0 aliphatic rings. The minimum Gasteiger partial charge on any atom is -0.289 e. The van der Waals surface area contributed by atoms with Crippen LogP contribution in [0.5, 0.6) is 0 Å². The SMILES string of the molecule is O=C(CCN(Cc1ccccc1)S(=O)(=O)c1ccc(Cl)cc1)NO. The number of halogens is 1. The highest BCUT2D eigenvalue weighted by Crippen LogP contribution is 2.20. The van der Waals surface area contributed by atoms with E-state index in [-0.39, 0.29) is 24.4 Å². The number of benzene rings is 2. The van der Waals surface area contributed by atoms with Gasteiger partial charge in [0.2, 0.25) is 15.9 Å². The van der Waals surface area contributed by atoms with Gasteiger partial charge in [0.15, 0.2) is 0 Å². The Morgan fingerprint density at radius 3 is 2.29 bits per heavy atom. The summed E-state index contributed by atoms with van der Waals surface area (Å²) in [6.45, 7) is 0.0523. The maximum Gasteiger partial charge on any atom is 0.244 e. The van der Waals surface area contributed by atoms with Gasteiger partial charge in [0.1, 0.15) is 0 Å². The molecule has 0 fully saturated rings. The lowest BCUT2D eigenvalue weighted by atomic mass is 10.2. The fraction of sp³-hybridized carbons (Fsp3) is 0.188. The minimum absolute atomic E-state index is 0.0632. The molecule has 0 radical (unpaired) electrons. The van der Waals surface area contributed by atoms with Crippen molar-refractivity contribution in [3.8, 4) is 0 Å². The fourth-order valence-corrected chi connectivity index (χ4v) is 3.66. The Bertz CT molecular complexity index is 779. The van der Waals surface area contributed by atoms with Gasteiger partial charge in [-0.05, 0) is 29.8 Å². The average Bonchev–Trinajstić information content (AvgIpc) is 2.59. The zero-order valence-electron chi connectivity index (χ0n) is 12.7. The third-order valence-electron chi connectivity index (χ3n) is 3.37. The van der Waals surface area contributed by atoms with Crippen LogP contribution in [0.25, 0.3) is 0 Å². The summed E-state index contributed by atoms with van der Waals surface area (Å²) in [5.41, 5.74) is 2.30. The quantitative estimate of drug-likeness (QED) is 0.580. The van der Waals surface area contributed by atoms with E-state index in [1.54, 1.807) is 12.1 Å². The summed E-state index contributed by atoms with van der Waals surface area (Å²) in [7, 11) is -3.81. The van der Waals surface area contributed by atoms with E-state index in [1.807, 2.05) is 18.2 Å². The molecule has 8 heteroatoms. The Kier molecular flexibility index (Phi) is 6.33. The van der Waals surface area contributed by atoms with Crippen LogP contribution in [-0.2, 0) is 21.4 Å². The molecule has 0 heterocycles. The lowest BCUT2D eigenvalue weighted by molar-refractivity contribution is -0.129. The van der Waals surface area contributed by atoms with E-state index >= 15 is 0 Å². The Morgan fingerprint density at radius 2 is 1.71 bits per heavy atom. The second kappa shape index (κ2) is 8.25. The van der Waals surface area contributed by atoms with E-state index in [2.05, 4.69) is 0 Å².